The Balaban J connectivity index is 1.55. The molecular formula is C20H25N3O2. The van der Waals surface area contributed by atoms with Crippen molar-refractivity contribution in [2.45, 2.75) is 32.7 Å². The number of aromatic nitrogens is 1. The van der Waals surface area contributed by atoms with Gasteiger partial charge in [-0.25, -0.2) is 0 Å². The summed E-state index contributed by atoms with van der Waals surface area (Å²) in [6.07, 6.45) is 4.21. The van der Waals surface area contributed by atoms with Gasteiger partial charge in [0.1, 0.15) is 0 Å². The molecule has 1 aromatic carbocycles. The molecule has 0 saturated carbocycles. The van der Waals surface area contributed by atoms with Gasteiger partial charge in [-0.2, -0.15) is 0 Å². The third kappa shape index (κ3) is 4.10. The van der Waals surface area contributed by atoms with Crippen LogP contribution in [0.1, 0.15) is 31.7 Å². The lowest BCUT2D eigenvalue weighted by Gasteiger charge is -2.18. The summed E-state index contributed by atoms with van der Waals surface area (Å²) in [7, 11) is 0. The summed E-state index contributed by atoms with van der Waals surface area (Å²) in [5.74, 6) is 0.161. The van der Waals surface area contributed by atoms with Gasteiger partial charge in [0.05, 0.1) is 5.92 Å². The minimum atomic E-state index is -0.276. The van der Waals surface area contributed by atoms with Crippen molar-refractivity contribution in [2.75, 3.05) is 18.0 Å². The third-order valence-corrected chi connectivity index (χ3v) is 4.70. The third-order valence-electron chi connectivity index (χ3n) is 4.70. The molecule has 0 radical (unpaired) electrons. The number of rotatable bonds is 6. The monoisotopic (exact) mass is 339 g/mol. The Labute approximate surface area is 148 Å². The number of hydrogen-bond donors (Lipinski definition) is 1. The maximum atomic E-state index is 12.3. The standard InChI is InChI=1S/C20H25N3O2/c1-15(2)16-5-7-18(8-6-16)23-14-17(13-19(23)24)20(25)21-9-12-22-10-3-4-11-22/h3-8,10-11,15,17H,9,12-14H2,1-2H3,(H,21,25)/t17-/m1/s1. The number of amides is 2. The van der Waals surface area contributed by atoms with Gasteiger partial charge in [-0.05, 0) is 35.7 Å². The second-order valence-corrected chi connectivity index (χ2v) is 6.86. The molecule has 2 aromatic rings. The summed E-state index contributed by atoms with van der Waals surface area (Å²) in [5.41, 5.74) is 2.12. The summed E-state index contributed by atoms with van der Waals surface area (Å²) in [4.78, 5) is 26.4. The zero-order valence-corrected chi connectivity index (χ0v) is 14.8. The van der Waals surface area contributed by atoms with Crippen molar-refractivity contribution in [2.24, 2.45) is 5.92 Å². The van der Waals surface area contributed by atoms with E-state index >= 15 is 0 Å². The quantitative estimate of drug-likeness (QED) is 0.880. The van der Waals surface area contributed by atoms with Crippen LogP contribution in [0.4, 0.5) is 5.69 Å². The minimum absolute atomic E-state index is 0.0165. The Kier molecular flexibility index (Phi) is 5.22. The number of benzene rings is 1. The first-order valence-electron chi connectivity index (χ1n) is 8.83. The predicted octanol–water partition coefficient (Wildman–Crippen LogP) is 2.78. The van der Waals surface area contributed by atoms with Crippen LogP contribution in [0.15, 0.2) is 48.8 Å². The number of carbonyl (C=O) groups is 2. The van der Waals surface area contributed by atoms with Crippen molar-refractivity contribution < 1.29 is 9.59 Å². The fourth-order valence-corrected chi connectivity index (χ4v) is 3.14. The lowest BCUT2D eigenvalue weighted by atomic mass is 10.0. The van der Waals surface area contributed by atoms with Crippen molar-refractivity contribution in [3.8, 4) is 0 Å². The van der Waals surface area contributed by atoms with E-state index in [4.69, 9.17) is 0 Å². The Morgan fingerprint density at radius 3 is 2.52 bits per heavy atom. The molecule has 3 rings (SSSR count). The highest BCUT2D eigenvalue weighted by Crippen LogP contribution is 2.26. The highest BCUT2D eigenvalue weighted by molar-refractivity contribution is 6.00. The van der Waals surface area contributed by atoms with E-state index in [0.29, 0.717) is 19.0 Å². The zero-order valence-electron chi connectivity index (χ0n) is 14.8. The molecule has 1 saturated heterocycles. The van der Waals surface area contributed by atoms with Crippen LogP contribution in [0, 0.1) is 5.92 Å². The molecule has 5 heteroatoms. The second-order valence-electron chi connectivity index (χ2n) is 6.86. The summed E-state index contributed by atoms with van der Waals surface area (Å²) in [6, 6.07) is 12.0. The molecule has 2 heterocycles. The maximum absolute atomic E-state index is 12.3. The molecular weight excluding hydrogens is 314 g/mol. The van der Waals surface area contributed by atoms with Crippen molar-refractivity contribution >= 4 is 17.5 Å². The SMILES string of the molecule is CC(C)c1ccc(N2C[C@H](C(=O)NCCn3cccc3)CC2=O)cc1. The molecule has 1 aromatic heterocycles. The van der Waals surface area contributed by atoms with Crippen LogP contribution in [0.5, 0.6) is 0 Å². The minimum Gasteiger partial charge on any atom is -0.354 e. The van der Waals surface area contributed by atoms with Gasteiger partial charge in [0.15, 0.2) is 0 Å². The molecule has 25 heavy (non-hydrogen) atoms. The van der Waals surface area contributed by atoms with Gasteiger partial charge in [-0.3, -0.25) is 9.59 Å². The number of nitrogens with one attached hydrogen (secondary N) is 1. The summed E-state index contributed by atoms with van der Waals surface area (Å²) >= 11 is 0. The number of hydrogen-bond acceptors (Lipinski definition) is 2. The van der Waals surface area contributed by atoms with Crippen molar-refractivity contribution in [1.82, 2.24) is 9.88 Å². The van der Waals surface area contributed by atoms with Gasteiger partial charge in [0, 0.05) is 44.1 Å². The molecule has 0 aliphatic carbocycles. The van der Waals surface area contributed by atoms with Crippen LogP contribution in [-0.4, -0.2) is 29.5 Å². The van der Waals surface area contributed by atoms with Crippen LogP contribution in [-0.2, 0) is 16.1 Å². The van der Waals surface area contributed by atoms with E-state index in [1.807, 2.05) is 41.2 Å². The number of anilines is 1. The Morgan fingerprint density at radius 2 is 1.88 bits per heavy atom. The van der Waals surface area contributed by atoms with E-state index in [2.05, 4.69) is 31.3 Å². The molecule has 1 N–H and O–H groups in total. The van der Waals surface area contributed by atoms with Gasteiger partial charge < -0.3 is 14.8 Å². The molecule has 1 atom stereocenters. The predicted molar refractivity (Wildman–Crippen MR) is 98.4 cm³/mol. The average molecular weight is 339 g/mol. The maximum Gasteiger partial charge on any atom is 0.227 e. The van der Waals surface area contributed by atoms with E-state index in [9.17, 15) is 9.59 Å². The summed E-state index contributed by atoms with van der Waals surface area (Å²) in [5, 5.41) is 2.94. The fourth-order valence-electron chi connectivity index (χ4n) is 3.14. The smallest absolute Gasteiger partial charge is 0.227 e. The molecule has 1 fully saturated rings. The van der Waals surface area contributed by atoms with Crippen LogP contribution < -0.4 is 10.2 Å². The zero-order chi connectivity index (χ0) is 17.8. The first-order valence-corrected chi connectivity index (χ1v) is 8.83. The summed E-state index contributed by atoms with van der Waals surface area (Å²) < 4.78 is 2.02. The lowest BCUT2D eigenvalue weighted by molar-refractivity contribution is -0.126. The number of carbonyl (C=O) groups excluding carboxylic acids is 2. The van der Waals surface area contributed by atoms with Gasteiger partial charge in [0.25, 0.3) is 0 Å². The molecule has 1 aliphatic rings. The van der Waals surface area contributed by atoms with E-state index in [-0.39, 0.29) is 24.2 Å². The van der Waals surface area contributed by atoms with Crippen LogP contribution in [0.3, 0.4) is 0 Å². The molecule has 132 valence electrons. The highest BCUT2D eigenvalue weighted by Gasteiger charge is 2.34. The summed E-state index contributed by atoms with van der Waals surface area (Å²) in [6.45, 7) is 6.05. The molecule has 0 spiro atoms. The van der Waals surface area contributed by atoms with E-state index in [0.717, 1.165) is 12.2 Å². The van der Waals surface area contributed by atoms with Gasteiger partial charge in [-0.15, -0.1) is 0 Å². The first-order chi connectivity index (χ1) is 12.0. The number of nitrogens with zero attached hydrogens (tertiary/aromatic N) is 2. The first kappa shape index (κ1) is 17.3. The Hall–Kier alpha value is -2.56. The normalized spacial score (nSPS) is 17.3. The van der Waals surface area contributed by atoms with Gasteiger partial charge in [0.2, 0.25) is 11.8 Å². The van der Waals surface area contributed by atoms with E-state index in [1.54, 1.807) is 4.90 Å². The second kappa shape index (κ2) is 7.55. The topological polar surface area (TPSA) is 54.3 Å². The van der Waals surface area contributed by atoms with Gasteiger partial charge >= 0.3 is 0 Å². The van der Waals surface area contributed by atoms with Crippen LogP contribution >= 0.6 is 0 Å². The van der Waals surface area contributed by atoms with E-state index in [1.165, 1.54) is 5.56 Å². The molecule has 1 aliphatic heterocycles. The van der Waals surface area contributed by atoms with Crippen molar-refractivity contribution in [1.29, 1.82) is 0 Å². The Morgan fingerprint density at radius 1 is 1.20 bits per heavy atom. The molecule has 5 nitrogen and oxygen atoms in total. The van der Waals surface area contributed by atoms with Crippen molar-refractivity contribution in [3.63, 3.8) is 0 Å². The largest absolute Gasteiger partial charge is 0.354 e. The Bertz CT molecular complexity index is 720. The van der Waals surface area contributed by atoms with Crippen molar-refractivity contribution in [3.05, 3.63) is 54.4 Å². The highest BCUT2D eigenvalue weighted by atomic mass is 16.2. The molecule has 0 unspecified atom stereocenters. The van der Waals surface area contributed by atoms with Crippen LogP contribution in [0.2, 0.25) is 0 Å². The molecule has 0 bridgehead atoms. The van der Waals surface area contributed by atoms with Gasteiger partial charge in [-0.1, -0.05) is 26.0 Å². The fraction of sp³-hybridized carbons (Fsp3) is 0.400. The average Bonchev–Trinajstić information content (AvgIpc) is 3.24. The van der Waals surface area contributed by atoms with Crippen LogP contribution in [0.25, 0.3) is 0 Å². The molecule has 2 amide bonds. The lowest BCUT2D eigenvalue weighted by Crippen LogP contribution is -2.34. The van der Waals surface area contributed by atoms with E-state index < -0.39 is 0 Å².